The second kappa shape index (κ2) is 5.89. The third kappa shape index (κ3) is 2.83. The van der Waals surface area contributed by atoms with E-state index < -0.39 is 0 Å². The summed E-state index contributed by atoms with van der Waals surface area (Å²) in [6, 6.07) is 6.04. The van der Waals surface area contributed by atoms with Crippen molar-refractivity contribution in [3.63, 3.8) is 0 Å². The topological polar surface area (TPSA) is 34.6 Å². The molecule has 1 aromatic carbocycles. The van der Waals surface area contributed by atoms with Crippen molar-refractivity contribution in [3.05, 3.63) is 29.3 Å². The van der Waals surface area contributed by atoms with Crippen molar-refractivity contribution in [1.82, 2.24) is 9.88 Å². The summed E-state index contributed by atoms with van der Waals surface area (Å²) in [5.41, 5.74) is 2.28. The molecule has 0 N–H and O–H groups in total. The third-order valence-corrected chi connectivity index (χ3v) is 5.24. The van der Waals surface area contributed by atoms with E-state index in [4.69, 9.17) is 14.5 Å². The predicted molar refractivity (Wildman–Crippen MR) is 87.3 cm³/mol. The Balaban J connectivity index is 1.49. The molecule has 4 nitrogen and oxygen atoms in total. The van der Waals surface area contributed by atoms with Crippen LogP contribution in [0, 0.1) is 5.92 Å². The number of benzene rings is 1. The Kier molecular flexibility index (Phi) is 3.76. The van der Waals surface area contributed by atoms with Gasteiger partial charge in [-0.15, -0.1) is 11.3 Å². The molecule has 2 aliphatic rings. The van der Waals surface area contributed by atoms with Gasteiger partial charge in [-0.1, -0.05) is 6.92 Å². The van der Waals surface area contributed by atoms with Crippen LogP contribution in [0.25, 0.3) is 10.6 Å². The highest BCUT2D eigenvalue weighted by molar-refractivity contribution is 7.13. The van der Waals surface area contributed by atoms with Gasteiger partial charge in [0.2, 0.25) is 6.79 Å². The Labute approximate surface area is 134 Å². The lowest BCUT2D eigenvalue weighted by Gasteiger charge is -2.30. The van der Waals surface area contributed by atoms with E-state index in [9.17, 15) is 0 Å². The largest absolute Gasteiger partial charge is 0.454 e. The van der Waals surface area contributed by atoms with E-state index in [2.05, 4.69) is 23.3 Å². The van der Waals surface area contributed by atoms with Gasteiger partial charge < -0.3 is 9.47 Å². The van der Waals surface area contributed by atoms with Crippen LogP contribution in [0.2, 0.25) is 0 Å². The molecule has 0 aliphatic carbocycles. The lowest BCUT2D eigenvalue weighted by molar-refractivity contribution is 0.174. The van der Waals surface area contributed by atoms with Crippen LogP contribution < -0.4 is 9.47 Å². The molecule has 0 unspecified atom stereocenters. The number of likely N-dealkylation sites (tertiary alicyclic amines) is 1. The summed E-state index contributed by atoms with van der Waals surface area (Å²) < 4.78 is 10.8. The van der Waals surface area contributed by atoms with Gasteiger partial charge in [0.15, 0.2) is 11.5 Å². The van der Waals surface area contributed by atoms with Crippen molar-refractivity contribution >= 4 is 11.3 Å². The first-order valence-electron chi connectivity index (χ1n) is 7.85. The van der Waals surface area contributed by atoms with Crippen molar-refractivity contribution in [3.8, 4) is 22.1 Å². The summed E-state index contributed by atoms with van der Waals surface area (Å²) in [5.74, 6) is 2.45. The number of thiazole rings is 1. The zero-order chi connectivity index (χ0) is 14.9. The maximum atomic E-state index is 5.45. The molecule has 2 aliphatic heterocycles. The van der Waals surface area contributed by atoms with Crippen LogP contribution in [0.4, 0.5) is 0 Å². The van der Waals surface area contributed by atoms with Gasteiger partial charge >= 0.3 is 0 Å². The van der Waals surface area contributed by atoms with Gasteiger partial charge in [-0.2, -0.15) is 0 Å². The standard InChI is InChI=1S/C17H20N2O2S/c1-12-3-2-6-19(8-12)9-14-10-22-17(18-14)13-4-5-15-16(7-13)21-11-20-15/h4-5,7,10,12H,2-3,6,8-9,11H2,1H3/t12-/m0/s1. The summed E-state index contributed by atoms with van der Waals surface area (Å²) in [6.07, 6.45) is 2.66. The van der Waals surface area contributed by atoms with E-state index in [0.717, 1.165) is 34.5 Å². The molecule has 5 heteroatoms. The maximum absolute atomic E-state index is 5.45. The maximum Gasteiger partial charge on any atom is 0.231 e. The third-order valence-electron chi connectivity index (χ3n) is 4.30. The van der Waals surface area contributed by atoms with Gasteiger partial charge in [-0.05, 0) is 43.5 Å². The molecule has 4 rings (SSSR count). The molecular formula is C17H20N2O2S. The average molecular weight is 316 g/mol. The molecule has 1 atom stereocenters. The molecule has 116 valence electrons. The van der Waals surface area contributed by atoms with Crippen molar-refractivity contribution in [2.45, 2.75) is 26.3 Å². The smallest absolute Gasteiger partial charge is 0.231 e. The van der Waals surface area contributed by atoms with E-state index in [1.54, 1.807) is 11.3 Å². The Bertz CT molecular complexity index is 670. The molecule has 22 heavy (non-hydrogen) atoms. The van der Waals surface area contributed by atoms with Gasteiger partial charge in [0, 0.05) is 24.0 Å². The number of nitrogens with zero attached hydrogens (tertiary/aromatic N) is 2. The van der Waals surface area contributed by atoms with E-state index in [1.165, 1.54) is 31.6 Å². The lowest BCUT2D eigenvalue weighted by atomic mass is 10.0. The summed E-state index contributed by atoms with van der Waals surface area (Å²) in [7, 11) is 0. The first kappa shape index (κ1) is 14.0. The number of fused-ring (bicyclic) bond motifs is 1. The Morgan fingerprint density at radius 3 is 3.14 bits per heavy atom. The van der Waals surface area contributed by atoms with Gasteiger partial charge in [-0.3, -0.25) is 4.90 Å². The minimum Gasteiger partial charge on any atom is -0.454 e. The average Bonchev–Trinajstić information content (AvgIpc) is 3.15. The summed E-state index contributed by atoms with van der Waals surface area (Å²) in [6.45, 7) is 6.00. The molecule has 3 heterocycles. The molecule has 0 radical (unpaired) electrons. The Hall–Kier alpha value is -1.59. The number of piperidine rings is 1. The Morgan fingerprint density at radius 1 is 1.32 bits per heavy atom. The van der Waals surface area contributed by atoms with Crippen LogP contribution in [0.5, 0.6) is 11.5 Å². The fourth-order valence-corrected chi connectivity index (χ4v) is 4.01. The minimum absolute atomic E-state index is 0.315. The van der Waals surface area contributed by atoms with E-state index in [1.807, 2.05) is 12.1 Å². The molecule has 1 fully saturated rings. The molecular weight excluding hydrogens is 296 g/mol. The van der Waals surface area contributed by atoms with Crippen molar-refractivity contribution < 1.29 is 9.47 Å². The summed E-state index contributed by atoms with van der Waals surface area (Å²) in [5, 5.41) is 3.23. The minimum atomic E-state index is 0.315. The second-order valence-electron chi connectivity index (χ2n) is 6.19. The van der Waals surface area contributed by atoms with Crippen LogP contribution in [0.15, 0.2) is 23.6 Å². The van der Waals surface area contributed by atoms with Crippen molar-refractivity contribution in [2.75, 3.05) is 19.9 Å². The van der Waals surface area contributed by atoms with Gasteiger partial charge in [0.1, 0.15) is 5.01 Å². The highest BCUT2D eigenvalue weighted by Crippen LogP contribution is 2.36. The number of aromatic nitrogens is 1. The molecule has 0 spiro atoms. The molecule has 0 bridgehead atoms. The highest BCUT2D eigenvalue weighted by atomic mass is 32.1. The highest BCUT2D eigenvalue weighted by Gasteiger charge is 2.18. The first-order chi connectivity index (χ1) is 10.8. The van der Waals surface area contributed by atoms with Crippen molar-refractivity contribution in [2.24, 2.45) is 5.92 Å². The number of hydrogen-bond acceptors (Lipinski definition) is 5. The normalized spacial score (nSPS) is 21.2. The molecule has 0 saturated carbocycles. The fourth-order valence-electron chi connectivity index (χ4n) is 3.20. The van der Waals surface area contributed by atoms with Crippen molar-refractivity contribution in [1.29, 1.82) is 0 Å². The van der Waals surface area contributed by atoms with Crippen LogP contribution in [-0.4, -0.2) is 29.8 Å². The van der Waals surface area contributed by atoms with Gasteiger partial charge in [0.25, 0.3) is 0 Å². The zero-order valence-electron chi connectivity index (χ0n) is 12.7. The van der Waals surface area contributed by atoms with E-state index in [0.29, 0.717) is 6.79 Å². The summed E-state index contributed by atoms with van der Waals surface area (Å²) >= 11 is 1.70. The van der Waals surface area contributed by atoms with Gasteiger partial charge in [0.05, 0.1) is 5.69 Å². The van der Waals surface area contributed by atoms with Crippen LogP contribution in [0.1, 0.15) is 25.5 Å². The van der Waals surface area contributed by atoms with E-state index >= 15 is 0 Å². The summed E-state index contributed by atoms with van der Waals surface area (Å²) in [4.78, 5) is 7.33. The number of ether oxygens (including phenoxy) is 2. The Morgan fingerprint density at radius 2 is 2.23 bits per heavy atom. The zero-order valence-corrected chi connectivity index (χ0v) is 13.6. The second-order valence-corrected chi connectivity index (χ2v) is 7.05. The van der Waals surface area contributed by atoms with Gasteiger partial charge in [-0.25, -0.2) is 4.98 Å². The molecule has 1 aromatic heterocycles. The van der Waals surface area contributed by atoms with Crippen LogP contribution in [0.3, 0.4) is 0 Å². The van der Waals surface area contributed by atoms with Crippen LogP contribution in [-0.2, 0) is 6.54 Å². The fraction of sp³-hybridized carbons (Fsp3) is 0.471. The lowest BCUT2D eigenvalue weighted by Crippen LogP contribution is -2.33. The molecule has 0 amide bonds. The molecule has 1 saturated heterocycles. The molecule has 2 aromatic rings. The number of rotatable bonds is 3. The quantitative estimate of drug-likeness (QED) is 0.863. The van der Waals surface area contributed by atoms with Crippen LogP contribution >= 0.6 is 11.3 Å². The predicted octanol–water partition coefficient (Wildman–Crippen LogP) is 3.77. The first-order valence-corrected chi connectivity index (χ1v) is 8.73. The van der Waals surface area contributed by atoms with E-state index in [-0.39, 0.29) is 0 Å². The monoisotopic (exact) mass is 316 g/mol. The number of hydrogen-bond donors (Lipinski definition) is 0. The SMILES string of the molecule is C[C@H]1CCCN(Cc2csc(-c3ccc4c(c3)OCO4)n2)C1.